The van der Waals surface area contributed by atoms with Gasteiger partial charge in [0.25, 0.3) is 0 Å². The van der Waals surface area contributed by atoms with E-state index < -0.39 is 12.2 Å². The van der Waals surface area contributed by atoms with Crippen LogP contribution in [0.3, 0.4) is 0 Å². The molecule has 1 aliphatic rings. The van der Waals surface area contributed by atoms with Gasteiger partial charge in [-0.25, -0.2) is 4.39 Å². The van der Waals surface area contributed by atoms with E-state index in [0.717, 1.165) is 31.5 Å². The highest BCUT2D eigenvalue weighted by Crippen LogP contribution is 2.30. The number of ether oxygens (including phenoxy) is 1. The number of aliphatic hydroxyl groups is 2. The van der Waals surface area contributed by atoms with Gasteiger partial charge in [-0.2, -0.15) is 0 Å². The normalized spacial score (nSPS) is 18.3. The number of β-amino-alcohol motifs (C(OH)–C–C–N with tert-alkyl or cyclic N) is 1. The summed E-state index contributed by atoms with van der Waals surface area (Å²) in [6, 6.07) is 16.3. The Morgan fingerprint density at radius 2 is 1.67 bits per heavy atom. The van der Waals surface area contributed by atoms with Crippen molar-refractivity contribution in [3.63, 3.8) is 0 Å². The first-order chi connectivity index (χ1) is 13.1. The maximum Gasteiger partial charge on any atom is 0.128 e. The van der Waals surface area contributed by atoms with E-state index in [1.165, 1.54) is 6.07 Å². The molecule has 1 saturated heterocycles. The Labute approximate surface area is 160 Å². The van der Waals surface area contributed by atoms with Crippen LogP contribution in [-0.2, 0) is 11.3 Å². The second kappa shape index (κ2) is 9.95. The molecule has 2 N–H and O–H groups in total. The van der Waals surface area contributed by atoms with Gasteiger partial charge in [-0.05, 0) is 43.5 Å². The van der Waals surface area contributed by atoms with Crippen molar-refractivity contribution >= 4 is 0 Å². The maximum atomic E-state index is 13.5. The number of rotatable bonds is 8. The van der Waals surface area contributed by atoms with Gasteiger partial charge in [0.05, 0.1) is 25.4 Å². The average molecular weight is 373 g/mol. The van der Waals surface area contributed by atoms with Gasteiger partial charge < -0.3 is 19.8 Å². The van der Waals surface area contributed by atoms with Crippen molar-refractivity contribution < 1.29 is 19.3 Å². The molecule has 1 aliphatic heterocycles. The largest absolute Gasteiger partial charge is 0.389 e. The van der Waals surface area contributed by atoms with Gasteiger partial charge in [0.1, 0.15) is 5.82 Å². The summed E-state index contributed by atoms with van der Waals surface area (Å²) in [6.07, 6.45) is 0.771. The number of aliphatic hydroxyl groups excluding tert-OH is 2. The third-order valence-corrected chi connectivity index (χ3v) is 5.21. The van der Waals surface area contributed by atoms with Crippen molar-refractivity contribution in [1.82, 2.24) is 4.90 Å². The van der Waals surface area contributed by atoms with Crippen LogP contribution in [0.15, 0.2) is 54.6 Å². The second-order valence-electron chi connectivity index (χ2n) is 7.25. The molecule has 1 fully saturated rings. The highest BCUT2D eigenvalue weighted by Gasteiger charge is 2.27. The van der Waals surface area contributed by atoms with Gasteiger partial charge in [0, 0.05) is 12.1 Å². The molecule has 2 aromatic carbocycles. The Morgan fingerprint density at radius 1 is 1.00 bits per heavy atom. The Bertz CT molecular complexity index is 689. The van der Waals surface area contributed by atoms with Crippen LogP contribution in [-0.4, -0.2) is 47.5 Å². The van der Waals surface area contributed by atoms with Gasteiger partial charge in [0.2, 0.25) is 0 Å². The molecule has 0 aliphatic carbocycles. The van der Waals surface area contributed by atoms with Crippen LogP contribution in [0.5, 0.6) is 0 Å². The number of hydrogen-bond donors (Lipinski definition) is 2. The topological polar surface area (TPSA) is 52.9 Å². The predicted molar refractivity (Wildman–Crippen MR) is 103 cm³/mol. The SMILES string of the molecule is OC(COCc1ccccc1F)CN1CCC(C(O)c2ccccc2)CC1. The highest BCUT2D eigenvalue weighted by atomic mass is 19.1. The van der Waals surface area contributed by atoms with Gasteiger partial charge in [-0.15, -0.1) is 0 Å². The zero-order valence-corrected chi connectivity index (χ0v) is 15.5. The summed E-state index contributed by atoms with van der Waals surface area (Å²) < 4.78 is 19.0. The molecule has 1 heterocycles. The summed E-state index contributed by atoms with van der Waals surface area (Å²) in [5.74, 6) is -0.0378. The number of halogens is 1. The summed E-state index contributed by atoms with van der Waals surface area (Å²) in [7, 11) is 0. The van der Waals surface area contributed by atoms with Crippen molar-refractivity contribution in [2.75, 3.05) is 26.2 Å². The standard InChI is InChI=1S/C22H28FNO3/c23-21-9-5-4-8-19(21)15-27-16-20(25)14-24-12-10-18(11-13-24)22(26)17-6-2-1-3-7-17/h1-9,18,20,22,25-26H,10-16H2. The van der Waals surface area contributed by atoms with E-state index in [9.17, 15) is 14.6 Å². The van der Waals surface area contributed by atoms with Crippen molar-refractivity contribution in [3.05, 3.63) is 71.5 Å². The van der Waals surface area contributed by atoms with E-state index in [2.05, 4.69) is 4.90 Å². The Balaban J connectivity index is 1.37. The number of hydrogen-bond acceptors (Lipinski definition) is 4. The van der Waals surface area contributed by atoms with Gasteiger partial charge in [-0.1, -0.05) is 48.5 Å². The summed E-state index contributed by atoms with van der Waals surface area (Å²) in [5.41, 5.74) is 1.47. The molecule has 2 atom stereocenters. The van der Waals surface area contributed by atoms with Crippen molar-refractivity contribution in [2.24, 2.45) is 5.92 Å². The monoisotopic (exact) mass is 373 g/mol. The lowest BCUT2D eigenvalue weighted by Crippen LogP contribution is -2.41. The maximum absolute atomic E-state index is 13.5. The van der Waals surface area contributed by atoms with Gasteiger partial charge >= 0.3 is 0 Å². The fraction of sp³-hybridized carbons (Fsp3) is 0.455. The molecule has 5 heteroatoms. The molecule has 2 unspecified atom stereocenters. The minimum absolute atomic E-state index is 0.162. The van der Waals surface area contributed by atoms with Crippen LogP contribution >= 0.6 is 0 Å². The predicted octanol–water partition coefficient (Wildman–Crippen LogP) is 3.15. The molecular weight excluding hydrogens is 345 g/mol. The molecule has 0 radical (unpaired) electrons. The molecule has 0 spiro atoms. The van der Waals surface area contributed by atoms with E-state index >= 15 is 0 Å². The average Bonchev–Trinajstić information content (AvgIpc) is 2.70. The fourth-order valence-corrected chi connectivity index (χ4v) is 3.64. The van der Waals surface area contributed by atoms with Crippen LogP contribution in [0.2, 0.25) is 0 Å². The molecule has 0 saturated carbocycles. The summed E-state index contributed by atoms with van der Waals surface area (Å²) in [5, 5.41) is 20.7. The number of piperidine rings is 1. The molecule has 146 valence electrons. The van der Waals surface area contributed by atoms with Gasteiger partial charge in [0.15, 0.2) is 0 Å². The minimum atomic E-state index is -0.604. The first-order valence-electron chi connectivity index (χ1n) is 9.58. The lowest BCUT2D eigenvalue weighted by atomic mass is 9.87. The van der Waals surface area contributed by atoms with Crippen molar-refractivity contribution in [1.29, 1.82) is 0 Å². The van der Waals surface area contributed by atoms with Crippen LogP contribution in [0, 0.1) is 11.7 Å². The third-order valence-electron chi connectivity index (χ3n) is 5.21. The van der Waals surface area contributed by atoms with E-state index in [1.54, 1.807) is 18.2 Å². The van der Waals surface area contributed by atoms with Crippen LogP contribution in [0.1, 0.15) is 30.1 Å². The quantitative estimate of drug-likeness (QED) is 0.746. The van der Waals surface area contributed by atoms with Crippen LogP contribution in [0.4, 0.5) is 4.39 Å². The van der Waals surface area contributed by atoms with Crippen molar-refractivity contribution in [2.45, 2.75) is 31.7 Å². The van der Waals surface area contributed by atoms with Gasteiger partial charge in [-0.3, -0.25) is 0 Å². The highest BCUT2D eigenvalue weighted by molar-refractivity contribution is 5.18. The molecule has 0 aromatic heterocycles. The molecule has 2 aromatic rings. The van der Waals surface area contributed by atoms with Crippen LogP contribution in [0.25, 0.3) is 0 Å². The summed E-state index contributed by atoms with van der Waals surface area (Å²) >= 11 is 0. The molecule has 27 heavy (non-hydrogen) atoms. The zero-order chi connectivity index (χ0) is 19.1. The Hall–Kier alpha value is -1.79. The number of benzene rings is 2. The van der Waals surface area contributed by atoms with E-state index in [4.69, 9.17) is 4.74 Å². The number of likely N-dealkylation sites (tertiary alicyclic amines) is 1. The van der Waals surface area contributed by atoms with E-state index in [1.807, 2.05) is 30.3 Å². The zero-order valence-electron chi connectivity index (χ0n) is 15.5. The van der Waals surface area contributed by atoms with Crippen molar-refractivity contribution in [3.8, 4) is 0 Å². The third kappa shape index (κ3) is 5.84. The lowest BCUT2D eigenvalue weighted by molar-refractivity contribution is -0.00402. The first-order valence-corrected chi connectivity index (χ1v) is 9.58. The smallest absolute Gasteiger partial charge is 0.128 e. The Morgan fingerprint density at radius 3 is 2.37 bits per heavy atom. The minimum Gasteiger partial charge on any atom is -0.389 e. The fourth-order valence-electron chi connectivity index (χ4n) is 3.64. The van der Waals surface area contributed by atoms with E-state index in [-0.39, 0.29) is 24.9 Å². The molecule has 3 rings (SSSR count). The second-order valence-corrected chi connectivity index (χ2v) is 7.25. The number of nitrogens with zero attached hydrogens (tertiary/aromatic N) is 1. The van der Waals surface area contributed by atoms with E-state index in [0.29, 0.717) is 12.1 Å². The van der Waals surface area contributed by atoms with Crippen LogP contribution < -0.4 is 0 Å². The summed E-state index contributed by atoms with van der Waals surface area (Å²) in [4.78, 5) is 2.20. The molecule has 0 amide bonds. The molecule has 4 nitrogen and oxygen atoms in total. The summed E-state index contributed by atoms with van der Waals surface area (Å²) in [6.45, 7) is 2.57. The molecular formula is C22H28FNO3. The lowest BCUT2D eigenvalue weighted by Gasteiger charge is -2.35. The first kappa shape index (κ1) is 20.0. The Kier molecular flexibility index (Phi) is 7.35. The molecule has 0 bridgehead atoms.